The van der Waals surface area contributed by atoms with Gasteiger partial charge in [0.2, 0.25) is 0 Å². The summed E-state index contributed by atoms with van der Waals surface area (Å²) in [5.74, 6) is 0.313. The minimum Gasteiger partial charge on any atom is -0.496 e. The number of ether oxygens (including phenoxy) is 2. The Kier molecular flexibility index (Phi) is 6.43. The van der Waals surface area contributed by atoms with Crippen molar-refractivity contribution in [1.29, 1.82) is 0 Å². The predicted molar refractivity (Wildman–Crippen MR) is 120 cm³/mol. The Morgan fingerprint density at radius 1 is 0.967 bits per heavy atom. The fourth-order valence-electron chi connectivity index (χ4n) is 3.54. The third-order valence-electron chi connectivity index (χ3n) is 5.37. The molecule has 3 aromatic rings. The number of nitrogen functional groups attached to an aromatic ring is 1. The van der Waals surface area contributed by atoms with Crippen LogP contribution in [0.5, 0.6) is 11.5 Å². The van der Waals surface area contributed by atoms with E-state index in [4.69, 9.17) is 15.2 Å². The Hall–Kier alpha value is -3.31. The minimum atomic E-state index is -0.430. The lowest BCUT2D eigenvalue weighted by Gasteiger charge is -2.14. The van der Waals surface area contributed by atoms with Crippen molar-refractivity contribution in [2.24, 2.45) is 0 Å². The van der Waals surface area contributed by atoms with Gasteiger partial charge in [-0.05, 0) is 65.9 Å². The fourth-order valence-corrected chi connectivity index (χ4v) is 3.54. The average molecular weight is 407 g/mol. The van der Waals surface area contributed by atoms with Gasteiger partial charge in [0.15, 0.2) is 0 Å². The molecule has 0 radical (unpaired) electrons. The molecular formula is C25H26FNO3. The van der Waals surface area contributed by atoms with E-state index in [0.29, 0.717) is 22.6 Å². The Balaban J connectivity index is 2.09. The van der Waals surface area contributed by atoms with Crippen molar-refractivity contribution >= 4 is 17.6 Å². The predicted octanol–water partition coefficient (Wildman–Crippen LogP) is 5.53. The summed E-state index contributed by atoms with van der Waals surface area (Å²) >= 11 is 0. The van der Waals surface area contributed by atoms with Crippen molar-refractivity contribution in [2.75, 3.05) is 20.0 Å². The van der Waals surface area contributed by atoms with Crippen LogP contribution in [0.4, 0.5) is 10.1 Å². The van der Waals surface area contributed by atoms with E-state index in [9.17, 15) is 5.11 Å². The zero-order valence-corrected chi connectivity index (χ0v) is 17.6. The Labute approximate surface area is 176 Å². The van der Waals surface area contributed by atoms with Gasteiger partial charge in [0, 0.05) is 11.3 Å². The molecule has 0 saturated heterocycles. The summed E-state index contributed by atoms with van der Waals surface area (Å²) < 4.78 is 25.8. The molecule has 156 valence electrons. The molecule has 0 atom stereocenters. The molecule has 0 aliphatic heterocycles. The maximum Gasteiger partial charge on any atom is 0.131 e. The highest BCUT2D eigenvalue weighted by Crippen LogP contribution is 2.36. The van der Waals surface area contributed by atoms with Gasteiger partial charge in [0.1, 0.15) is 17.3 Å². The number of aliphatic hydroxyl groups excluding tert-OH is 1. The molecule has 5 heteroatoms. The van der Waals surface area contributed by atoms with E-state index in [-0.39, 0.29) is 6.61 Å². The van der Waals surface area contributed by atoms with Crippen molar-refractivity contribution in [3.63, 3.8) is 0 Å². The van der Waals surface area contributed by atoms with Gasteiger partial charge in [-0.15, -0.1) is 0 Å². The lowest BCUT2D eigenvalue weighted by Crippen LogP contribution is -1.98. The van der Waals surface area contributed by atoms with Crippen LogP contribution in [0.3, 0.4) is 0 Å². The first-order valence-electron chi connectivity index (χ1n) is 9.59. The molecule has 0 spiro atoms. The molecule has 0 aliphatic rings. The van der Waals surface area contributed by atoms with E-state index in [1.807, 2.05) is 50.2 Å². The number of anilines is 1. The van der Waals surface area contributed by atoms with Crippen LogP contribution < -0.4 is 15.2 Å². The van der Waals surface area contributed by atoms with E-state index in [1.54, 1.807) is 12.1 Å². The van der Waals surface area contributed by atoms with Crippen LogP contribution in [0.1, 0.15) is 27.8 Å². The lowest BCUT2D eigenvalue weighted by molar-refractivity contribution is 0.265. The summed E-state index contributed by atoms with van der Waals surface area (Å²) in [6, 6.07) is 14.7. The molecule has 0 aliphatic carbocycles. The molecule has 0 amide bonds. The van der Waals surface area contributed by atoms with Crippen molar-refractivity contribution in [2.45, 2.75) is 20.5 Å². The third kappa shape index (κ3) is 4.02. The van der Waals surface area contributed by atoms with Crippen LogP contribution in [0.25, 0.3) is 23.0 Å². The first kappa shape index (κ1) is 21.4. The zero-order chi connectivity index (χ0) is 21.8. The molecule has 30 heavy (non-hydrogen) atoms. The van der Waals surface area contributed by atoms with Gasteiger partial charge in [-0.3, -0.25) is 0 Å². The van der Waals surface area contributed by atoms with Crippen LogP contribution in [0.15, 0.2) is 48.5 Å². The number of nitrogens with two attached hydrogens (primary N) is 1. The first-order chi connectivity index (χ1) is 14.4. The molecule has 0 saturated carbocycles. The normalized spacial score (nSPS) is 11.5. The summed E-state index contributed by atoms with van der Waals surface area (Å²) in [6.45, 7) is 3.68. The van der Waals surface area contributed by atoms with Crippen molar-refractivity contribution in [3.8, 4) is 22.6 Å². The monoisotopic (exact) mass is 407 g/mol. The molecule has 0 unspecified atom stereocenters. The molecular weight excluding hydrogens is 381 g/mol. The number of rotatable bonds is 6. The highest BCUT2D eigenvalue weighted by Gasteiger charge is 2.15. The quantitative estimate of drug-likeness (QED) is 0.417. The Morgan fingerprint density at radius 3 is 2.10 bits per heavy atom. The van der Waals surface area contributed by atoms with Crippen molar-refractivity contribution in [3.05, 3.63) is 76.3 Å². The molecule has 3 rings (SSSR count). The van der Waals surface area contributed by atoms with Gasteiger partial charge < -0.3 is 20.3 Å². The average Bonchev–Trinajstić information content (AvgIpc) is 2.76. The van der Waals surface area contributed by atoms with Crippen LogP contribution >= 0.6 is 0 Å². The highest BCUT2D eigenvalue weighted by atomic mass is 19.1. The highest BCUT2D eigenvalue weighted by molar-refractivity contribution is 5.83. The number of halogens is 1. The summed E-state index contributed by atoms with van der Waals surface area (Å²) in [6.07, 6.45) is 1.49. The van der Waals surface area contributed by atoms with Crippen molar-refractivity contribution in [1.82, 2.24) is 0 Å². The molecule has 0 fully saturated rings. The SMILES string of the molecule is COc1cc(/C(F)=C/c2cccc(-c3cccc(N)c3C)c2C)cc(OC)c1CO. The van der Waals surface area contributed by atoms with E-state index in [1.165, 1.54) is 20.3 Å². The van der Waals surface area contributed by atoms with Crippen LogP contribution in [-0.2, 0) is 6.61 Å². The van der Waals surface area contributed by atoms with Crippen LogP contribution in [-0.4, -0.2) is 19.3 Å². The molecule has 4 nitrogen and oxygen atoms in total. The first-order valence-corrected chi connectivity index (χ1v) is 9.59. The number of methoxy groups -OCH3 is 2. The topological polar surface area (TPSA) is 64.7 Å². The maximum absolute atomic E-state index is 15.2. The number of benzene rings is 3. The van der Waals surface area contributed by atoms with Crippen molar-refractivity contribution < 1.29 is 19.0 Å². The second-order valence-corrected chi connectivity index (χ2v) is 7.05. The van der Waals surface area contributed by atoms with Gasteiger partial charge in [0.25, 0.3) is 0 Å². The van der Waals surface area contributed by atoms with Gasteiger partial charge in [-0.25, -0.2) is 4.39 Å². The largest absolute Gasteiger partial charge is 0.496 e. The number of hydrogen-bond donors (Lipinski definition) is 2. The second kappa shape index (κ2) is 9.01. The standard InChI is InChI=1S/C25H26FNO3/c1-15-17(7-5-8-19(15)20-9-6-10-23(27)16(20)2)11-22(26)18-12-24(29-3)21(14-28)25(13-18)30-4/h5-13,28H,14,27H2,1-4H3/b22-11-. The summed E-state index contributed by atoms with van der Waals surface area (Å²) in [4.78, 5) is 0. The van der Waals surface area contributed by atoms with Crippen LogP contribution in [0.2, 0.25) is 0 Å². The summed E-state index contributed by atoms with van der Waals surface area (Å²) in [5.41, 5.74) is 12.3. The smallest absolute Gasteiger partial charge is 0.131 e. The number of hydrogen-bond acceptors (Lipinski definition) is 4. The maximum atomic E-state index is 15.2. The fraction of sp³-hybridized carbons (Fsp3) is 0.200. The van der Waals surface area contributed by atoms with Gasteiger partial charge in [-0.2, -0.15) is 0 Å². The second-order valence-electron chi connectivity index (χ2n) is 7.05. The number of aliphatic hydroxyl groups is 1. The van der Waals surface area contributed by atoms with Crippen LogP contribution in [0, 0.1) is 13.8 Å². The van der Waals surface area contributed by atoms with E-state index >= 15 is 4.39 Å². The Morgan fingerprint density at radius 2 is 1.53 bits per heavy atom. The van der Waals surface area contributed by atoms with Gasteiger partial charge in [-0.1, -0.05) is 30.3 Å². The molecule has 0 heterocycles. The molecule has 0 aromatic heterocycles. The molecule has 3 N–H and O–H groups in total. The zero-order valence-electron chi connectivity index (χ0n) is 17.6. The summed E-state index contributed by atoms with van der Waals surface area (Å²) in [7, 11) is 2.95. The molecule has 0 bridgehead atoms. The van der Waals surface area contributed by atoms with Gasteiger partial charge >= 0.3 is 0 Å². The van der Waals surface area contributed by atoms with Gasteiger partial charge in [0.05, 0.1) is 26.4 Å². The van der Waals surface area contributed by atoms with E-state index < -0.39 is 5.83 Å². The minimum absolute atomic E-state index is 0.265. The van der Waals surface area contributed by atoms with E-state index in [2.05, 4.69) is 0 Å². The Bertz CT molecular complexity index is 1080. The molecule has 3 aromatic carbocycles. The lowest BCUT2D eigenvalue weighted by atomic mass is 9.92. The van der Waals surface area contributed by atoms with E-state index in [0.717, 1.165) is 33.5 Å². The third-order valence-corrected chi connectivity index (χ3v) is 5.37. The summed E-state index contributed by atoms with van der Waals surface area (Å²) in [5, 5.41) is 9.57.